The zero-order chi connectivity index (χ0) is 16.3. The average molecular weight is 306 g/mol. The maximum absolute atomic E-state index is 12.6. The minimum absolute atomic E-state index is 0.203. The minimum Gasteiger partial charge on any atom is -0.482 e. The highest BCUT2D eigenvalue weighted by molar-refractivity contribution is 5.99. The zero-order valence-electron chi connectivity index (χ0n) is 12.5. The second-order valence-corrected chi connectivity index (χ2v) is 5.48. The number of aliphatic carboxylic acids is 1. The average Bonchev–Trinajstić information content (AvgIpc) is 2.47. The van der Waals surface area contributed by atoms with Crippen LogP contribution in [0, 0.1) is 0 Å². The SMILES string of the molecule is CC1(C)C(=O)NCCN1C(=O)c1cccc(OCC(=O)O)c1. The van der Waals surface area contributed by atoms with E-state index in [4.69, 9.17) is 9.84 Å². The van der Waals surface area contributed by atoms with Crippen LogP contribution < -0.4 is 10.1 Å². The Morgan fingerprint density at radius 3 is 2.82 bits per heavy atom. The molecule has 0 bridgehead atoms. The Hall–Kier alpha value is -2.57. The second-order valence-electron chi connectivity index (χ2n) is 5.48. The Balaban J connectivity index is 2.20. The normalized spacial score (nSPS) is 16.8. The first-order chi connectivity index (χ1) is 10.3. The van der Waals surface area contributed by atoms with Gasteiger partial charge in [-0.15, -0.1) is 0 Å². The number of rotatable bonds is 4. The van der Waals surface area contributed by atoms with Crippen LogP contribution in [-0.4, -0.2) is 53.0 Å². The molecule has 1 aliphatic heterocycles. The maximum Gasteiger partial charge on any atom is 0.341 e. The van der Waals surface area contributed by atoms with Crippen LogP contribution in [0.3, 0.4) is 0 Å². The molecule has 0 atom stereocenters. The lowest BCUT2D eigenvalue weighted by atomic mass is 9.97. The predicted molar refractivity (Wildman–Crippen MR) is 77.7 cm³/mol. The highest BCUT2D eigenvalue weighted by Gasteiger charge is 2.40. The highest BCUT2D eigenvalue weighted by Crippen LogP contribution is 2.22. The fourth-order valence-electron chi connectivity index (χ4n) is 2.27. The van der Waals surface area contributed by atoms with Crippen LogP contribution in [-0.2, 0) is 9.59 Å². The lowest BCUT2D eigenvalue weighted by Gasteiger charge is -2.41. The summed E-state index contributed by atoms with van der Waals surface area (Å²) in [6.07, 6.45) is 0. The summed E-state index contributed by atoms with van der Waals surface area (Å²) in [7, 11) is 0. The van der Waals surface area contributed by atoms with E-state index in [2.05, 4.69) is 5.32 Å². The lowest BCUT2D eigenvalue weighted by molar-refractivity contribution is -0.139. The van der Waals surface area contributed by atoms with Crippen molar-refractivity contribution in [2.24, 2.45) is 0 Å². The van der Waals surface area contributed by atoms with Gasteiger partial charge >= 0.3 is 5.97 Å². The first-order valence-electron chi connectivity index (χ1n) is 6.87. The Labute approximate surface area is 127 Å². The summed E-state index contributed by atoms with van der Waals surface area (Å²) >= 11 is 0. The topological polar surface area (TPSA) is 95.9 Å². The standard InChI is InChI=1S/C15H18N2O5/c1-15(2)14(21)16-6-7-17(15)13(20)10-4-3-5-11(8-10)22-9-12(18)19/h3-5,8H,6-7,9H2,1-2H3,(H,16,21)(H,18,19). The van der Waals surface area contributed by atoms with Crippen LogP contribution in [0.25, 0.3) is 0 Å². The molecule has 2 amide bonds. The van der Waals surface area contributed by atoms with Crippen molar-refractivity contribution < 1.29 is 24.2 Å². The number of hydrogen-bond donors (Lipinski definition) is 2. The fourth-order valence-corrected chi connectivity index (χ4v) is 2.27. The van der Waals surface area contributed by atoms with Crippen molar-refractivity contribution in [3.63, 3.8) is 0 Å². The maximum atomic E-state index is 12.6. The van der Waals surface area contributed by atoms with Crippen molar-refractivity contribution in [3.05, 3.63) is 29.8 Å². The van der Waals surface area contributed by atoms with Crippen molar-refractivity contribution >= 4 is 17.8 Å². The molecule has 1 aromatic rings. The molecule has 1 saturated heterocycles. The van der Waals surface area contributed by atoms with Crippen LogP contribution in [0.4, 0.5) is 0 Å². The summed E-state index contributed by atoms with van der Waals surface area (Å²) in [5, 5.41) is 11.3. The Morgan fingerprint density at radius 2 is 2.14 bits per heavy atom. The van der Waals surface area contributed by atoms with Crippen LogP contribution in [0.5, 0.6) is 5.75 Å². The zero-order valence-corrected chi connectivity index (χ0v) is 12.5. The van der Waals surface area contributed by atoms with Gasteiger partial charge in [-0.1, -0.05) is 6.07 Å². The number of carbonyl (C=O) groups excluding carboxylic acids is 2. The van der Waals surface area contributed by atoms with Gasteiger partial charge in [0, 0.05) is 18.7 Å². The molecule has 1 aliphatic rings. The summed E-state index contributed by atoms with van der Waals surface area (Å²) in [5.41, 5.74) is -0.585. The molecule has 7 nitrogen and oxygen atoms in total. The number of amides is 2. The molecule has 2 N–H and O–H groups in total. The Morgan fingerprint density at radius 1 is 1.41 bits per heavy atom. The first-order valence-corrected chi connectivity index (χ1v) is 6.87. The number of nitrogens with one attached hydrogen (secondary N) is 1. The summed E-state index contributed by atoms with van der Waals surface area (Å²) in [6, 6.07) is 6.28. The van der Waals surface area contributed by atoms with Crippen molar-refractivity contribution in [1.82, 2.24) is 10.2 Å². The van der Waals surface area contributed by atoms with Crippen LogP contribution >= 0.6 is 0 Å². The van der Waals surface area contributed by atoms with Gasteiger partial charge in [0.05, 0.1) is 0 Å². The molecule has 0 aromatic heterocycles. The third-order valence-corrected chi connectivity index (χ3v) is 3.54. The van der Waals surface area contributed by atoms with Crippen molar-refractivity contribution in [2.75, 3.05) is 19.7 Å². The first kappa shape index (κ1) is 15.8. The fraction of sp³-hybridized carbons (Fsp3) is 0.400. The number of carbonyl (C=O) groups is 3. The molecule has 22 heavy (non-hydrogen) atoms. The molecule has 2 rings (SSSR count). The number of hydrogen-bond acceptors (Lipinski definition) is 4. The van der Waals surface area contributed by atoms with Gasteiger partial charge in [0.15, 0.2) is 6.61 Å². The molecule has 0 unspecified atom stereocenters. The van der Waals surface area contributed by atoms with Crippen LogP contribution in [0.15, 0.2) is 24.3 Å². The Kier molecular flexibility index (Phi) is 4.35. The van der Waals surface area contributed by atoms with Crippen molar-refractivity contribution in [2.45, 2.75) is 19.4 Å². The van der Waals surface area contributed by atoms with Gasteiger partial charge in [-0.05, 0) is 32.0 Å². The van der Waals surface area contributed by atoms with Crippen LogP contribution in [0.2, 0.25) is 0 Å². The molecule has 118 valence electrons. The molecule has 1 aromatic carbocycles. The van der Waals surface area contributed by atoms with E-state index >= 15 is 0 Å². The van der Waals surface area contributed by atoms with Gasteiger partial charge in [-0.25, -0.2) is 4.79 Å². The molecule has 0 saturated carbocycles. The van der Waals surface area contributed by atoms with Gasteiger partial charge in [0.1, 0.15) is 11.3 Å². The number of carboxylic acid groups (broad SMARTS) is 1. The van der Waals surface area contributed by atoms with E-state index in [1.165, 1.54) is 11.0 Å². The molecule has 7 heteroatoms. The number of nitrogens with zero attached hydrogens (tertiary/aromatic N) is 1. The Bertz CT molecular complexity index is 612. The number of carboxylic acids is 1. The second kappa shape index (κ2) is 6.05. The van der Waals surface area contributed by atoms with E-state index in [9.17, 15) is 14.4 Å². The lowest BCUT2D eigenvalue weighted by Crippen LogP contribution is -2.63. The van der Waals surface area contributed by atoms with E-state index < -0.39 is 18.1 Å². The third-order valence-electron chi connectivity index (χ3n) is 3.54. The van der Waals surface area contributed by atoms with E-state index in [-0.39, 0.29) is 11.8 Å². The summed E-state index contributed by atoms with van der Waals surface area (Å²) in [6.45, 7) is 3.71. The number of benzene rings is 1. The van der Waals surface area contributed by atoms with Gasteiger partial charge in [0.2, 0.25) is 5.91 Å². The summed E-state index contributed by atoms with van der Waals surface area (Å²) in [5.74, 6) is -1.29. The monoisotopic (exact) mass is 306 g/mol. The van der Waals surface area contributed by atoms with E-state index in [0.29, 0.717) is 24.4 Å². The third kappa shape index (κ3) is 3.19. The largest absolute Gasteiger partial charge is 0.482 e. The molecule has 0 radical (unpaired) electrons. The van der Waals surface area contributed by atoms with Crippen LogP contribution in [0.1, 0.15) is 24.2 Å². The smallest absolute Gasteiger partial charge is 0.341 e. The minimum atomic E-state index is -1.09. The molecule has 0 aliphatic carbocycles. The van der Waals surface area contributed by atoms with E-state index in [0.717, 1.165) is 0 Å². The summed E-state index contributed by atoms with van der Waals surface area (Å²) < 4.78 is 5.07. The molecular formula is C15H18N2O5. The quantitative estimate of drug-likeness (QED) is 0.844. The van der Waals surface area contributed by atoms with Gasteiger partial charge < -0.3 is 20.1 Å². The molecular weight excluding hydrogens is 288 g/mol. The molecule has 1 fully saturated rings. The van der Waals surface area contributed by atoms with Gasteiger partial charge in [-0.3, -0.25) is 9.59 Å². The highest BCUT2D eigenvalue weighted by atomic mass is 16.5. The number of ether oxygens (including phenoxy) is 1. The molecule has 0 spiro atoms. The molecule has 1 heterocycles. The predicted octanol–water partition coefficient (Wildman–Crippen LogP) is 0.501. The number of piperazine rings is 1. The van der Waals surface area contributed by atoms with Gasteiger partial charge in [-0.2, -0.15) is 0 Å². The van der Waals surface area contributed by atoms with E-state index in [1.54, 1.807) is 32.0 Å². The van der Waals surface area contributed by atoms with Gasteiger partial charge in [0.25, 0.3) is 5.91 Å². The van der Waals surface area contributed by atoms with E-state index in [1.807, 2.05) is 0 Å². The summed E-state index contributed by atoms with van der Waals surface area (Å²) in [4.78, 5) is 36.6. The van der Waals surface area contributed by atoms with Crippen molar-refractivity contribution in [1.29, 1.82) is 0 Å². The van der Waals surface area contributed by atoms with Crippen molar-refractivity contribution in [3.8, 4) is 5.75 Å².